The molecule has 6 heteroatoms. The van der Waals surface area contributed by atoms with Crippen LogP contribution in [0.3, 0.4) is 0 Å². The Balaban J connectivity index is 2.31. The number of methoxy groups -OCH3 is 2. The van der Waals surface area contributed by atoms with Crippen LogP contribution in [0.4, 0.5) is 0 Å². The Hall–Kier alpha value is -1.63. The molecule has 102 valence electrons. The molecule has 1 aromatic heterocycles. The summed E-state index contributed by atoms with van der Waals surface area (Å²) in [6, 6.07) is 5.64. The lowest BCUT2D eigenvalue weighted by Gasteiger charge is -2.08. The molecule has 2 N–H and O–H groups in total. The topological polar surface area (TPSA) is 66.6 Å². The van der Waals surface area contributed by atoms with Crippen LogP contribution in [0, 0.1) is 0 Å². The van der Waals surface area contributed by atoms with Crippen LogP contribution in [0.1, 0.15) is 5.01 Å². The highest BCUT2D eigenvalue weighted by Crippen LogP contribution is 2.33. The van der Waals surface area contributed by atoms with E-state index in [-0.39, 0.29) is 0 Å². The van der Waals surface area contributed by atoms with Crippen molar-refractivity contribution in [2.45, 2.75) is 6.42 Å². The minimum Gasteiger partial charge on any atom is -0.497 e. The van der Waals surface area contributed by atoms with E-state index in [2.05, 4.69) is 9.82 Å². The third-order valence-corrected chi connectivity index (χ3v) is 3.58. The first-order valence-corrected chi connectivity index (χ1v) is 6.65. The molecule has 0 aliphatic carbocycles. The van der Waals surface area contributed by atoms with E-state index in [0.29, 0.717) is 13.0 Å². The fourth-order valence-corrected chi connectivity index (χ4v) is 2.49. The molecule has 0 spiro atoms. The summed E-state index contributed by atoms with van der Waals surface area (Å²) in [6.07, 6.45) is 0.702. The Morgan fingerprint density at radius 2 is 2.11 bits per heavy atom. The molecule has 5 nitrogen and oxygen atoms in total. The fraction of sp³-hybridized carbons (Fsp3) is 0.308. The number of benzene rings is 1. The minimum atomic E-state index is 0.461. The first kappa shape index (κ1) is 13.8. The van der Waals surface area contributed by atoms with E-state index in [1.165, 1.54) is 0 Å². The molecular weight excluding hydrogens is 264 g/mol. The van der Waals surface area contributed by atoms with Crippen molar-refractivity contribution in [1.29, 1.82) is 0 Å². The molecule has 0 fully saturated rings. The van der Waals surface area contributed by atoms with Gasteiger partial charge in [0, 0.05) is 17.4 Å². The minimum absolute atomic E-state index is 0.461. The number of nitrogens with zero attached hydrogens (tertiary/aromatic N) is 1. The van der Waals surface area contributed by atoms with Gasteiger partial charge in [0.25, 0.3) is 0 Å². The van der Waals surface area contributed by atoms with Gasteiger partial charge in [-0.05, 0) is 18.2 Å². The van der Waals surface area contributed by atoms with E-state index >= 15 is 0 Å². The maximum Gasteiger partial charge on any atom is 0.128 e. The number of nitrogens with two attached hydrogens (primary N) is 1. The molecule has 2 rings (SSSR count). The van der Waals surface area contributed by atoms with Crippen molar-refractivity contribution in [2.24, 2.45) is 5.90 Å². The van der Waals surface area contributed by atoms with Crippen LogP contribution in [0.15, 0.2) is 23.6 Å². The van der Waals surface area contributed by atoms with Crippen molar-refractivity contribution < 1.29 is 14.3 Å². The van der Waals surface area contributed by atoms with Crippen molar-refractivity contribution in [3.8, 4) is 22.8 Å². The Morgan fingerprint density at radius 1 is 1.26 bits per heavy atom. The lowest BCUT2D eigenvalue weighted by molar-refractivity contribution is 0.141. The third kappa shape index (κ3) is 3.23. The molecule has 0 atom stereocenters. The lowest BCUT2D eigenvalue weighted by atomic mass is 10.1. The number of hydrogen-bond acceptors (Lipinski definition) is 6. The van der Waals surface area contributed by atoms with Crippen molar-refractivity contribution in [1.82, 2.24) is 4.98 Å². The number of ether oxygens (including phenoxy) is 2. The molecule has 0 saturated heterocycles. The van der Waals surface area contributed by atoms with Gasteiger partial charge in [0.05, 0.1) is 31.5 Å². The second-order valence-electron chi connectivity index (χ2n) is 3.81. The van der Waals surface area contributed by atoms with Crippen LogP contribution in [0.2, 0.25) is 0 Å². The second kappa shape index (κ2) is 6.51. The van der Waals surface area contributed by atoms with Gasteiger partial charge in [-0.1, -0.05) is 0 Å². The fourth-order valence-electron chi connectivity index (χ4n) is 1.71. The summed E-state index contributed by atoms with van der Waals surface area (Å²) in [7, 11) is 3.28. The summed E-state index contributed by atoms with van der Waals surface area (Å²) in [5, 5.41) is 2.97. The maximum atomic E-state index is 5.35. The summed E-state index contributed by atoms with van der Waals surface area (Å²) in [6.45, 7) is 0.461. The number of hydrogen-bond donors (Lipinski definition) is 1. The predicted molar refractivity (Wildman–Crippen MR) is 74.5 cm³/mol. The van der Waals surface area contributed by atoms with Gasteiger partial charge in [-0.2, -0.15) is 0 Å². The molecular formula is C13H16N2O3S. The summed E-state index contributed by atoms with van der Waals surface area (Å²) >= 11 is 1.57. The van der Waals surface area contributed by atoms with Gasteiger partial charge in [-0.25, -0.2) is 10.9 Å². The van der Waals surface area contributed by atoms with E-state index in [0.717, 1.165) is 27.8 Å². The summed E-state index contributed by atoms with van der Waals surface area (Å²) in [5.41, 5.74) is 1.78. The van der Waals surface area contributed by atoms with Gasteiger partial charge in [-0.15, -0.1) is 11.3 Å². The Bertz CT molecular complexity index is 542. The van der Waals surface area contributed by atoms with Gasteiger partial charge >= 0.3 is 0 Å². The van der Waals surface area contributed by atoms with Crippen LogP contribution in [-0.4, -0.2) is 25.8 Å². The number of thiazole rings is 1. The predicted octanol–water partition coefficient (Wildman–Crippen LogP) is 2.26. The standard InChI is InChI=1S/C13H16N2O3S/c1-16-9-3-4-12(17-2)10(7-9)11-8-19-13(15-11)5-6-18-14/h3-4,7-8H,5-6,14H2,1-2H3. The highest BCUT2D eigenvalue weighted by Gasteiger charge is 2.11. The van der Waals surface area contributed by atoms with E-state index in [9.17, 15) is 0 Å². The zero-order valence-corrected chi connectivity index (χ0v) is 11.7. The second-order valence-corrected chi connectivity index (χ2v) is 4.76. The average molecular weight is 280 g/mol. The molecule has 0 bridgehead atoms. The zero-order chi connectivity index (χ0) is 13.7. The molecule has 2 aromatic rings. The molecule has 0 aliphatic rings. The molecule has 19 heavy (non-hydrogen) atoms. The highest BCUT2D eigenvalue weighted by molar-refractivity contribution is 7.09. The molecule has 0 amide bonds. The van der Waals surface area contributed by atoms with Gasteiger partial charge in [0.15, 0.2) is 0 Å². The largest absolute Gasteiger partial charge is 0.497 e. The average Bonchev–Trinajstić information content (AvgIpc) is 2.93. The smallest absolute Gasteiger partial charge is 0.128 e. The van der Waals surface area contributed by atoms with Crippen molar-refractivity contribution >= 4 is 11.3 Å². The van der Waals surface area contributed by atoms with Crippen LogP contribution < -0.4 is 15.4 Å². The molecule has 1 aromatic carbocycles. The molecule has 0 aliphatic heterocycles. The monoisotopic (exact) mass is 280 g/mol. The first-order chi connectivity index (χ1) is 9.28. The molecule has 1 heterocycles. The Kier molecular flexibility index (Phi) is 4.73. The third-order valence-electron chi connectivity index (χ3n) is 2.67. The summed E-state index contributed by atoms with van der Waals surface area (Å²) in [4.78, 5) is 9.11. The van der Waals surface area contributed by atoms with Crippen LogP contribution in [-0.2, 0) is 11.3 Å². The van der Waals surface area contributed by atoms with E-state index < -0.39 is 0 Å². The van der Waals surface area contributed by atoms with Crippen LogP contribution in [0.25, 0.3) is 11.3 Å². The van der Waals surface area contributed by atoms with Gasteiger partial charge in [-0.3, -0.25) is 0 Å². The highest BCUT2D eigenvalue weighted by atomic mass is 32.1. The quantitative estimate of drug-likeness (QED) is 0.822. The Labute approximate surface area is 115 Å². The zero-order valence-electron chi connectivity index (χ0n) is 10.9. The van der Waals surface area contributed by atoms with Crippen molar-refractivity contribution in [3.63, 3.8) is 0 Å². The van der Waals surface area contributed by atoms with Gasteiger partial charge in [0.2, 0.25) is 0 Å². The molecule has 0 saturated carbocycles. The van der Waals surface area contributed by atoms with Crippen LogP contribution >= 0.6 is 11.3 Å². The van der Waals surface area contributed by atoms with Crippen LogP contribution in [0.5, 0.6) is 11.5 Å². The Morgan fingerprint density at radius 3 is 2.79 bits per heavy atom. The van der Waals surface area contributed by atoms with Crippen molar-refractivity contribution in [3.05, 3.63) is 28.6 Å². The summed E-state index contributed by atoms with van der Waals surface area (Å²) < 4.78 is 10.6. The summed E-state index contributed by atoms with van der Waals surface area (Å²) in [5.74, 6) is 6.56. The first-order valence-electron chi connectivity index (χ1n) is 5.77. The number of rotatable bonds is 6. The SMILES string of the molecule is COc1ccc(OC)c(-c2csc(CCON)n2)c1. The molecule has 0 unspecified atom stereocenters. The van der Waals surface area contributed by atoms with Crippen molar-refractivity contribution in [2.75, 3.05) is 20.8 Å². The van der Waals surface area contributed by atoms with E-state index in [1.54, 1.807) is 25.6 Å². The maximum absolute atomic E-state index is 5.35. The lowest BCUT2D eigenvalue weighted by Crippen LogP contribution is -2.03. The van der Waals surface area contributed by atoms with E-state index in [1.807, 2.05) is 23.6 Å². The van der Waals surface area contributed by atoms with Gasteiger partial charge in [0.1, 0.15) is 11.5 Å². The van der Waals surface area contributed by atoms with Gasteiger partial charge < -0.3 is 14.3 Å². The number of aromatic nitrogens is 1. The molecule has 0 radical (unpaired) electrons. The normalized spacial score (nSPS) is 10.5. The van der Waals surface area contributed by atoms with E-state index in [4.69, 9.17) is 15.4 Å².